The lowest BCUT2D eigenvalue weighted by molar-refractivity contribution is -0.142. The molecule has 0 bridgehead atoms. The van der Waals surface area contributed by atoms with Gasteiger partial charge in [-0.3, -0.25) is 9.69 Å². The van der Waals surface area contributed by atoms with Crippen molar-refractivity contribution in [3.05, 3.63) is 71.2 Å². The van der Waals surface area contributed by atoms with Crippen LogP contribution in [0.25, 0.3) is 22.5 Å². The first-order chi connectivity index (χ1) is 16.3. The van der Waals surface area contributed by atoms with Crippen LogP contribution in [-0.4, -0.2) is 36.5 Å². The van der Waals surface area contributed by atoms with E-state index in [0.29, 0.717) is 5.82 Å². The fourth-order valence-corrected chi connectivity index (χ4v) is 4.10. The molecule has 5 rings (SSSR count). The van der Waals surface area contributed by atoms with E-state index < -0.39 is 11.9 Å². The molecule has 172 valence electrons. The Balaban J connectivity index is 1.46. The van der Waals surface area contributed by atoms with Crippen LogP contribution in [0, 0.1) is 6.92 Å². The molecule has 1 amide bonds. The number of amides is 1. The van der Waals surface area contributed by atoms with E-state index in [2.05, 4.69) is 30.6 Å². The van der Waals surface area contributed by atoms with Gasteiger partial charge in [0, 0.05) is 17.5 Å². The number of benzene rings is 2. The molecule has 0 spiro atoms. The minimum atomic E-state index is -4.61. The molecule has 2 aromatic carbocycles. The Labute approximate surface area is 191 Å². The normalized spacial score (nSPS) is 13.8. The van der Waals surface area contributed by atoms with Crippen molar-refractivity contribution in [2.75, 3.05) is 4.90 Å². The second-order valence-corrected chi connectivity index (χ2v) is 7.89. The highest BCUT2D eigenvalue weighted by Crippen LogP contribution is 2.38. The van der Waals surface area contributed by atoms with Crippen molar-refractivity contribution in [2.24, 2.45) is 0 Å². The third-order valence-corrected chi connectivity index (χ3v) is 5.64. The van der Waals surface area contributed by atoms with Gasteiger partial charge in [0.2, 0.25) is 5.91 Å². The van der Waals surface area contributed by atoms with E-state index in [1.807, 2.05) is 48.5 Å². The molecular formula is C23H18F3N7O. The summed E-state index contributed by atoms with van der Waals surface area (Å²) in [5.41, 5.74) is 2.38. The summed E-state index contributed by atoms with van der Waals surface area (Å²) >= 11 is 0. The molecule has 0 radical (unpaired) electrons. The van der Waals surface area contributed by atoms with E-state index in [1.54, 1.807) is 0 Å². The standard InChI is InChI=1S/C23H18F3N7O/c1-13-27-20(23(24,25)26)18-10-11-19(34)33(22(18)28-13)12-14-6-8-15(9-7-14)16-4-2-3-5-17(16)21-29-31-32-30-21/h2-9H,10-12H2,1H3,(H,29,30,31,32). The number of nitrogens with zero attached hydrogens (tertiary/aromatic N) is 6. The quantitative estimate of drug-likeness (QED) is 0.487. The Morgan fingerprint density at radius 3 is 2.41 bits per heavy atom. The number of aromatic nitrogens is 6. The van der Waals surface area contributed by atoms with E-state index in [-0.39, 0.29) is 42.5 Å². The predicted octanol–water partition coefficient (Wildman–Crippen LogP) is 4.13. The number of aromatic amines is 1. The number of halogens is 3. The van der Waals surface area contributed by atoms with Gasteiger partial charge < -0.3 is 0 Å². The van der Waals surface area contributed by atoms with Crippen LogP contribution in [0.15, 0.2) is 48.5 Å². The van der Waals surface area contributed by atoms with Gasteiger partial charge in [0.15, 0.2) is 11.5 Å². The van der Waals surface area contributed by atoms with Crippen molar-refractivity contribution in [2.45, 2.75) is 32.5 Å². The Bertz CT molecular complexity index is 1350. The maximum Gasteiger partial charge on any atom is 0.433 e. The molecule has 8 nitrogen and oxygen atoms in total. The molecule has 0 fully saturated rings. The number of nitrogens with one attached hydrogen (secondary N) is 1. The molecule has 4 aromatic rings. The minimum absolute atomic E-state index is 0.0281. The third kappa shape index (κ3) is 4.00. The van der Waals surface area contributed by atoms with Crippen molar-refractivity contribution < 1.29 is 18.0 Å². The largest absolute Gasteiger partial charge is 0.433 e. The molecule has 0 saturated carbocycles. The van der Waals surface area contributed by atoms with Crippen LogP contribution in [0.2, 0.25) is 0 Å². The van der Waals surface area contributed by atoms with Gasteiger partial charge in [-0.25, -0.2) is 15.1 Å². The highest BCUT2D eigenvalue weighted by molar-refractivity contribution is 5.95. The topological polar surface area (TPSA) is 101 Å². The second kappa shape index (κ2) is 8.32. The number of carbonyl (C=O) groups excluding carboxylic acids is 1. The van der Waals surface area contributed by atoms with Gasteiger partial charge in [0.05, 0.1) is 6.54 Å². The van der Waals surface area contributed by atoms with Crippen molar-refractivity contribution in [3.63, 3.8) is 0 Å². The van der Waals surface area contributed by atoms with Crippen LogP contribution in [-0.2, 0) is 23.9 Å². The summed E-state index contributed by atoms with van der Waals surface area (Å²) in [6, 6.07) is 15.1. The van der Waals surface area contributed by atoms with E-state index in [4.69, 9.17) is 0 Å². The van der Waals surface area contributed by atoms with Crippen molar-refractivity contribution in [3.8, 4) is 22.5 Å². The van der Waals surface area contributed by atoms with Crippen molar-refractivity contribution in [1.29, 1.82) is 0 Å². The van der Waals surface area contributed by atoms with Gasteiger partial charge in [-0.05, 0) is 40.5 Å². The number of hydrogen-bond donors (Lipinski definition) is 1. The molecule has 1 N–H and O–H groups in total. The SMILES string of the molecule is Cc1nc2c(c(C(F)(F)F)n1)CCC(=O)N2Cc1ccc(-c2ccccc2-c2nnn[nH]2)cc1. The summed E-state index contributed by atoms with van der Waals surface area (Å²) in [5.74, 6) is 0.264. The first-order valence-electron chi connectivity index (χ1n) is 10.5. The van der Waals surface area contributed by atoms with E-state index >= 15 is 0 Å². The first-order valence-corrected chi connectivity index (χ1v) is 10.5. The number of hydrogen-bond acceptors (Lipinski definition) is 6. The van der Waals surface area contributed by atoms with Crippen LogP contribution in [0.4, 0.5) is 19.0 Å². The molecule has 2 aromatic heterocycles. The molecule has 0 unspecified atom stereocenters. The number of carbonyl (C=O) groups is 1. The van der Waals surface area contributed by atoms with Crippen molar-refractivity contribution in [1.82, 2.24) is 30.6 Å². The molecule has 34 heavy (non-hydrogen) atoms. The maximum absolute atomic E-state index is 13.5. The molecule has 11 heteroatoms. The van der Waals surface area contributed by atoms with E-state index in [0.717, 1.165) is 22.3 Å². The Morgan fingerprint density at radius 2 is 1.74 bits per heavy atom. The lowest BCUT2D eigenvalue weighted by atomic mass is 9.97. The monoisotopic (exact) mass is 465 g/mol. The molecule has 0 atom stereocenters. The molecular weight excluding hydrogens is 447 g/mol. The maximum atomic E-state index is 13.5. The predicted molar refractivity (Wildman–Crippen MR) is 116 cm³/mol. The summed E-state index contributed by atoms with van der Waals surface area (Å²) in [6.07, 6.45) is -4.68. The molecule has 1 aliphatic rings. The summed E-state index contributed by atoms with van der Waals surface area (Å²) in [5, 5.41) is 14.0. The number of H-pyrrole nitrogens is 1. The van der Waals surface area contributed by atoms with Gasteiger partial charge in [-0.2, -0.15) is 13.2 Å². The second-order valence-electron chi connectivity index (χ2n) is 7.89. The number of rotatable bonds is 4. The minimum Gasteiger partial charge on any atom is -0.292 e. The van der Waals surface area contributed by atoms with E-state index in [9.17, 15) is 18.0 Å². The first kappa shape index (κ1) is 21.7. The molecule has 3 heterocycles. The number of anilines is 1. The third-order valence-electron chi connectivity index (χ3n) is 5.64. The van der Waals surface area contributed by atoms with E-state index in [1.165, 1.54) is 11.8 Å². The molecule has 1 aliphatic heterocycles. The zero-order chi connectivity index (χ0) is 23.9. The van der Waals surface area contributed by atoms with Gasteiger partial charge in [0.25, 0.3) is 0 Å². The van der Waals surface area contributed by atoms with Gasteiger partial charge >= 0.3 is 6.18 Å². The Hall–Kier alpha value is -4.15. The Morgan fingerprint density at radius 1 is 1.00 bits per heavy atom. The smallest absolute Gasteiger partial charge is 0.292 e. The van der Waals surface area contributed by atoms with Crippen LogP contribution in [0.5, 0.6) is 0 Å². The zero-order valence-electron chi connectivity index (χ0n) is 18.0. The molecule has 0 saturated heterocycles. The number of fused-ring (bicyclic) bond motifs is 1. The number of alkyl halides is 3. The summed E-state index contributed by atoms with van der Waals surface area (Å²) in [7, 11) is 0. The number of aryl methyl sites for hydroxylation is 1. The van der Waals surface area contributed by atoms with Crippen LogP contribution >= 0.6 is 0 Å². The fraction of sp³-hybridized carbons (Fsp3) is 0.217. The average molecular weight is 465 g/mol. The average Bonchev–Trinajstić information content (AvgIpc) is 3.35. The lowest BCUT2D eigenvalue weighted by Crippen LogP contribution is -2.37. The number of tetrazole rings is 1. The van der Waals surface area contributed by atoms with Crippen LogP contribution < -0.4 is 4.90 Å². The molecule has 0 aliphatic carbocycles. The highest BCUT2D eigenvalue weighted by Gasteiger charge is 2.40. The highest BCUT2D eigenvalue weighted by atomic mass is 19.4. The van der Waals surface area contributed by atoms with Gasteiger partial charge in [-0.15, -0.1) is 5.10 Å². The fourth-order valence-electron chi connectivity index (χ4n) is 4.10. The van der Waals surface area contributed by atoms with Crippen molar-refractivity contribution >= 4 is 11.7 Å². The summed E-state index contributed by atoms with van der Waals surface area (Å²) in [4.78, 5) is 21.8. The lowest BCUT2D eigenvalue weighted by Gasteiger charge is -2.30. The van der Waals surface area contributed by atoms with Gasteiger partial charge in [-0.1, -0.05) is 48.5 Å². The van der Waals surface area contributed by atoms with Crippen LogP contribution in [0.1, 0.15) is 29.1 Å². The van der Waals surface area contributed by atoms with Gasteiger partial charge in [0.1, 0.15) is 11.6 Å². The summed E-state index contributed by atoms with van der Waals surface area (Å²) < 4.78 is 40.6. The zero-order valence-corrected chi connectivity index (χ0v) is 18.0. The Kier molecular flexibility index (Phi) is 5.31. The summed E-state index contributed by atoms with van der Waals surface area (Å²) in [6.45, 7) is 1.50. The van der Waals surface area contributed by atoms with Crippen LogP contribution in [0.3, 0.4) is 0 Å².